The first-order valence-electron chi connectivity index (χ1n) is 8.25. The molecule has 2 aromatic carbocycles. The number of amides is 2. The number of benzene rings is 2. The van der Waals surface area contributed by atoms with Gasteiger partial charge in [-0.25, -0.2) is 0 Å². The van der Waals surface area contributed by atoms with Gasteiger partial charge < -0.3 is 10.1 Å². The largest absolute Gasteiger partial charge is 0.495 e. The van der Waals surface area contributed by atoms with E-state index in [9.17, 15) is 9.59 Å². The third kappa shape index (κ3) is 4.17. The summed E-state index contributed by atoms with van der Waals surface area (Å²) in [6.45, 7) is 1.20. The number of fused-ring (bicyclic) bond motifs is 1. The van der Waals surface area contributed by atoms with Crippen molar-refractivity contribution in [3.8, 4) is 5.75 Å². The Morgan fingerprint density at radius 3 is 2.70 bits per heavy atom. The molecule has 1 heterocycles. The molecule has 0 spiro atoms. The highest BCUT2D eigenvalue weighted by Crippen LogP contribution is 2.31. The number of carbonyl (C=O) groups is 2. The number of carbonyl (C=O) groups excluding carboxylic acids is 2. The van der Waals surface area contributed by atoms with Gasteiger partial charge in [0.15, 0.2) is 0 Å². The molecule has 0 radical (unpaired) electrons. The Balaban J connectivity index is 1.86. The summed E-state index contributed by atoms with van der Waals surface area (Å²) in [6.07, 6.45) is 1.66. The van der Waals surface area contributed by atoms with E-state index in [0.717, 1.165) is 5.39 Å². The lowest BCUT2D eigenvalue weighted by atomic mass is 10.2. The molecular weight excluding hydrogens is 366 g/mol. The molecule has 27 heavy (non-hydrogen) atoms. The molecule has 7 heteroatoms. The number of halogens is 1. The number of nitrogens with zero attached hydrogens (tertiary/aromatic N) is 2. The number of ether oxygens (including phenoxy) is 1. The molecule has 6 nitrogen and oxygen atoms in total. The number of hydrogen-bond donors (Lipinski definition) is 1. The van der Waals surface area contributed by atoms with Gasteiger partial charge >= 0.3 is 0 Å². The van der Waals surface area contributed by atoms with Gasteiger partial charge in [0.25, 0.3) is 0 Å². The number of para-hydroxylation sites is 1. The second-order valence-electron chi connectivity index (χ2n) is 5.85. The summed E-state index contributed by atoms with van der Waals surface area (Å²) in [6, 6.07) is 14.2. The standard InChI is InChI=1S/C20H18ClN3O3/c1-13(25)24(17-11-15(21)8-9-18(17)27-2)12-19(26)23-16-7-3-5-14-6-4-10-22-20(14)16/h3-11H,12H2,1-2H3,(H,23,26). The monoisotopic (exact) mass is 383 g/mol. The highest BCUT2D eigenvalue weighted by molar-refractivity contribution is 6.31. The van der Waals surface area contributed by atoms with Gasteiger partial charge in [-0.05, 0) is 30.3 Å². The minimum Gasteiger partial charge on any atom is -0.495 e. The Bertz CT molecular complexity index is 1000. The smallest absolute Gasteiger partial charge is 0.244 e. The molecule has 0 saturated carbocycles. The van der Waals surface area contributed by atoms with Crippen LogP contribution in [0.5, 0.6) is 5.75 Å². The predicted molar refractivity (Wildman–Crippen MR) is 106 cm³/mol. The Kier molecular flexibility index (Phi) is 5.57. The fourth-order valence-electron chi connectivity index (χ4n) is 2.78. The van der Waals surface area contributed by atoms with Crippen LogP contribution in [-0.2, 0) is 9.59 Å². The Labute approximate surface area is 161 Å². The van der Waals surface area contributed by atoms with Gasteiger partial charge in [0, 0.05) is 23.5 Å². The van der Waals surface area contributed by atoms with Gasteiger partial charge in [-0.1, -0.05) is 29.8 Å². The van der Waals surface area contributed by atoms with Gasteiger partial charge in [-0.2, -0.15) is 0 Å². The van der Waals surface area contributed by atoms with Crippen LogP contribution in [0.15, 0.2) is 54.7 Å². The lowest BCUT2D eigenvalue weighted by Crippen LogP contribution is -2.37. The van der Waals surface area contributed by atoms with E-state index in [-0.39, 0.29) is 18.4 Å². The lowest BCUT2D eigenvalue weighted by Gasteiger charge is -2.23. The maximum atomic E-state index is 12.6. The zero-order valence-electron chi connectivity index (χ0n) is 14.9. The van der Waals surface area contributed by atoms with Gasteiger partial charge in [0.05, 0.1) is 24.0 Å². The quantitative estimate of drug-likeness (QED) is 0.725. The number of rotatable bonds is 5. The third-order valence-electron chi connectivity index (χ3n) is 4.02. The summed E-state index contributed by atoms with van der Waals surface area (Å²) in [4.78, 5) is 30.4. The molecule has 0 bridgehead atoms. The zero-order chi connectivity index (χ0) is 19.4. The summed E-state index contributed by atoms with van der Waals surface area (Å²) in [5.41, 5.74) is 1.70. The molecule has 1 N–H and O–H groups in total. The van der Waals surface area contributed by atoms with Crippen molar-refractivity contribution in [2.45, 2.75) is 6.92 Å². The maximum absolute atomic E-state index is 12.6. The van der Waals surface area contributed by atoms with Crippen molar-refractivity contribution in [2.24, 2.45) is 0 Å². The number of anilines is 2. The Hall–Kier alpha value is -3.12. The first kappa shape index (κ1) is 18.7. The van der Waals surface area contributed by atoms with Crippen LogP contribution in [0.1, 0.15) is 6.92 Å². The van der Waals surface area contributed by atoms with Crippen LogP contribution in [0.4, 0.5) is 11.4 Å². The van der Waals surface area contributed by atoms with E-state index in [1.54, 1.807) is 30.5 Å². The van der Waals surface area contributed by atoms with Crippen molar-refractivity contribution in [3.05, 3.63) is 59.8 Å². The average molecular weight is 384 g/mol. The van der Waals surface area contributed by atoms with Crippen molar-refractivity contribution in [3.63, 3.8) is 0 Å². The van der Waals surface area contributed by atoms with Crippen LogP contribution in [0.25, 0.3) is 10.9 Å². The SMILES string of the molecule is COc1ccc(Cl)cc1N(CC(=O)Nc1cccc2cccnc12)C(C)=O. The van der Waals surface area contributed by atoms with Crippen molar-refractivity contribution >= 4 is 45.7 Å². The number of pyridine rings is 1. The van der Waals surface area contributed by atoms with E-state index in [1.807, 2.05) is 24.3 Å². The second-order valence-corrected chi connectivity index (χ2v) is 6.29. The Morgan fingerprint density at radius 1 is 1.19 bits per heavy atom. The molecule has 0 aliphatic heterocycles. The molecule has 0 unspecified atom stereocenters. The molecule has 3 aromatic rings. The number of hydrogen-bond acceptors (Lipinski definition) is 4. The number of nitrogens with one attached hydrogen (secondary N) is 1. The minimum absolute atomic E-state index is 0.185. The van der Waals surface area contributed by atoms with Gasteiger partial charge in [-0.3, -0.25) is 19.5 Å². The Morgan fingerprint density at radius 2 is 1.96 bits per heavy atom. The number of methoxy groups -OCH3 is 1. The maximum Gasteiger partial charge on any atom is 0.244 e. The minimum atomic E-state index is -0.356. The molecule has 138 valence electrons. The van der Waals surface area contributed by atoms with Crippen molar-refractivity contribution in [1.82, 2.24) is 4.98 Å². The molecule has 0 fully saturated rings. The normalized spacial score (nSPS) is 10.5. The van der Waals surface area contributed by atoms with Gasteiger partial charge in [0.2, 0.25) is 11.8 Å². The fraction of sp³-hybridized carbons (Fsp3) is 0.150. The average Bonchev–Trinajstić information content (AvgIpc) is 2.66. The second kappa shape index (κ2) is 8.05. The van der Waals surface area contributed by atoms with Crippen molar-refractivity contribution < 1.29 is 14.3 Å². The van der Waals surface area contributed by atoms with Gasteiger partial charge in [0.1, 0.15) is 12.3 Å². The number of aromatic nitrogens is 1. The van der Waals surface area contributed by atoms with Crippen LogP contribution in [0.3, 0.4) is 0 Å². The fourth-order valence-corrected chi connectivity index (χ4v) is 2.94. The van der Waals surface area contributed by atoms with Crippen LogP contribution >= 0.6 is 11.6 Å². The van der Waals surface area contributed by atoms with Crippen LogP contribution in [-0.4, -0.2) is 30.5 Å². The highest BCUT2D eigenvalue weighted by Gasteiger charge is 2.20. The van der Waals surface area contributed by atoms with Crippen molar-refractivity contribution in [1.29, 1.82) is 0 Å². The first-order valence-corrected chi connectivity index (χ1v) is 8.62. The van der Waals surface area contributed by atoms with Crippen LogP contribution in [0, 0.1) is 0 Å². The summed E-state index contributed by atoms with van der Waals surface area (Å²) < 4.78 is 5.29. The summed E-state index contributed by atoms with van der Waals surface area (Å²) in [5.74, 6) is -0.207. The molecule has 3 rings (SSSR count). The topological polar surface area (TPSA) is 71.5 Å². The van der Waals surface area contributed by atoms with E-state index in [0.29, 0.717) is 27.7 Å². The van der Waals surface area contributed by atoms with Crippen LogP contribution < -0.4 is 15.0 Å². The molecule has 2 amide bonds. The summed E-state index contributed by atoms with van der Waals surface area (Å²) >= 11 is 6.05. The van der Waals surface area contributed by atoms with E-state index >= 15 is 0 Å². The van der Waals surface area contributed by atoms with E-state index in [4.69, 9.17) is 16.3 Å². The molecule has 0 aliphatic rings. The predicted octanol–water partition coefficient (Wildman–Crippen LogP) is 3.89. The van der Waals surface area contributed by atoms with Gasteiger partial charge in [-0.15, -0.1) is 0 Å². The molecule has 0 atom stereocenters. The summed E-state index contributed by atoms with van der Waals surface area (Å²) in [5, 5.41) is 4.18. The lowest BCUT2D eigenvalue weighted by molar-refractivity contribution is -0.120. The molecular formula is C20H18ClN3O3. The van der Waals surface area contributed by atoms with E-state index < -0.39 is 0 Å². The molecule has 1 aromatic heterocycles. The van der Waals surface area contributed by atoms with E-state index in [1.165, 1.54) is 18.9 Å². The van der Waals surface area contributed by atoms with Crippen molar-refractivity contribution in [2.75, 3.05) is 23.9 Å². The highest BCUT2D eigenvalue weighted by atomic mass is 35.5. The third-order valence-corrected chi connectivity index (χ3v) is 4.26. The van der Waals surface area contributed by atoms with E-state index in [2.05, 4.69) is 10.3 Å². The first-order chi connectivity index (χ1) is 13.0. The van der Waals surface area contributed by atoms with Crippen LogP contribution in [0.2, 0.25) is 5.02 Å². The molecule has 0 aliphatic carbocycles. The summed E-state index contributed by atoms with van der Waals surface area (Å²) in [7, 11) is 1.49. The molecule has 0 saturated heterocycles. The zero-order valence-corrected chi connectivity index (χ0v) is 15.7.